The molecular formula is C19H19ClFN3O2S. The van der Waals surface area contributed by atoms with Crippen LogP contribution in [0.15, 0.2) is 23.6 Å². The van der Waals surface area contributed by atoms with Crippen LogP contribution in [0, 0.1) is 5.82 Å². The van der Waals surface area contributed by atoms with E-state index in [1.54, 1.807) is 23.5 Å². The average molecular weight is 408 g/mol. The summed E-state index contributed by atoms with van der Waals surface area (Å²) in [6, 6.07) is 3.60. The van der Waals surface area contributed by atoms with Gasteiger partial charge < -0.3 is 10.6 Å². The van der Waals surface area contributed by atoms with Crippen LogP contribution in [0.1, 0.15) is 48.4 Å². The summed E-state index contributed by atoms with van der Waals surface area (Å²) in [5, 5.41) is 8.27. The number of aromatic nitrogens is 1. The van der Waals surface area contributed by atoms with Gasteiger partial charge in [-0.05, 0) is 30.5 Å². The van der Waals surface area contributed by atoms with E-state index in [2.05, 4.69) is 17.6 Å². The summed E-state index contributed by atoms with van der Waals surface area (Å²) < 4.78 is 13.6. The van der Waals surface area contributed by atoms with Crippen molar-refractivity contribution in [1.82, 2.24) is 15.6 Å². The Morgan fingerprint density at radius 2 is 2.26 bits per heavy atom. The third-order valence-corrected chi connectivity index (χ3v) is 6.76. The number of nitrogens with zero attached hydrogens (tertiary/aromatic N) is 1. The molecule has 2 aromatic rings. The third kappa shape index (κ3) is 3.71. The van der Waals surface area contributed by atoms with Crippen LogP contribution in [-0.4, -0.2) is 29.4 Å². The number of urea groups is 1. The maximum atomic E-state index is 13.6. The molecule has 1 saturated carbocycles. The lowest BCUT2D eigenvalue weighted by Crippen LogP contribution is -2.35. The van der Waals surface area contributed by atoms with Crippen LogP contribution in [-0.2, 0) is 10.2 Å². The first-order chi connectivity index (χ1) is 12.9. The largest absolute Gasteiger partial charge is 0.336 e. The summed E-state index contributed by atoms with van der Waals surface area (Å²) in [7, 11) is 0. The van der Waals surface area contributed by atoms with Crippen LogP contribution >= 0.6 is 22.9 Å². The smallest absolute Gasteiger partial charge is 0.315 e. The molecule has 1 aliphatic heterocycles. The molecule has 0 radical (unpaired) electrons. The zero-order valence-electron chi connectivity index (χ0n) is 14.7. The molecule has 2 aliphatic rings. The first-order valence-electron chi connectivity index (χ1n) is 8.84. The Kier molecular flexibility index (Phi) is 4.68. The van der Waals surface area contributed by atoms with Crippen molar-refractivity contribution in [3.8, 4) is 0 Å². The number of hydrogen-bond acceptors (Lipinski definition) is 4. The lowest BCUT2D eigenvalue weighted by Gasteiger charge is -2.17. The Bertz CT molecular complexity index is 912. The highest BCUT2D eigenvalue weighted by Crippen LogP contribution is 2.49. The van der Waals surface area contributed by atoms with Gasteiger partial charge in [-0.15, -0.1) is 11.3 Å². The van der Waals surface area contributed by atoms with E-state index in [1.807, 2.05) is 5.38 Å². The van der Waals surface area contributed by atoms with Crippen LogP contribution in [0.2, 0.25) is 5.02 Å². The normalized spacial score (nSPS) is 21.4. The number of carbonyl (C=O) groups is 2. The molecule has 27 heavy (non-hydrogen) atoms. The lowest BCUT2D eigenvalue weighted by atomic mass is 9.89. The van der Waals surface area contributed by atoms with Gasteiger partial charge in [0.05, 0.1) is 15.7 Å². The Morgan fingerprint density at radius 3 is 2.89 bits per heavy atom. The Labute approximate surface area is 165 Å². The number of halogens is 2. The van der Waals surface area contributed by atoms with Crippen molar-refractivity contribution in [2.75, 3.05) is 6.54 Å². The van der Waals surface area contributed by atoms with Gasteiger partial charge in [0.2, 0.25) is 0 Å². The number of hydrogen-bond donors (Lipinski definition) is 2. The van der Waals surface area contributed by atoms with Crippen molar-refractivity contribution < 1.29 is 14.0 Å². The highest BCUT2D eigenvalue weighted by molar-refractivity contribution is 7.09. The van der Waals surface area contributed by atoms with Gasteiger partial charge in [0.1, 0.15) is 11.9 Å². The minimum atomic E-state index is -0.560. The van der Waals surface area contributed by atoms with Crippen molar-refractivity contribution in [2.45, 2.75) is 43.6 Å². The third-order valence-electron chi connectivity index (χ3n) is 5.31. The molecule has 2 amide bonds. The molecule has 2 N–H and O–H groups in total. The first-order valence-corrected chi connectivity index (χ1v) is 10.1. The lowest BCUT2D eigenvalue weighted by molar-refractivity contribution is -0.120. The zero-order valence-corrected chi connectivity index (χ0v) is 16.3. The van der Waals surface area contributed by atoms with E-state index in [9.17, 15) is 14.0 Å². The first kappa shape index (κ1) is 18.4. The molecule has 1 saturated heterocycles. The monoisotopic (exact) mass is 407 g/mol. The van der Waals surface area contributed by atoms with Crippen molar-refractivity contribution in [1.29, 1.82) is 0 Å². The molecule has 2 atom stereocenters. The molecule has 8 heteroatoms. The summed E-state index contributed by atoms with van der Waals surface area (Å²) in [5.41, 5.74) is 1.67. The van der Waals surface area contributed by atoms with Gasteiger partial charge in [0.15, 0.2) is 5.78 Å². The van der Waals surface area contributed by atoms with Crippen LogP contribution in [0.3, 0.4) is 0 Å². The Hall–Kier alpha value is -1.99. The minimum absolute atomic E-state index is 0.0189. The fraction of sp³-hybridized carbons (Fsp3) is 0.421. The van der Waals surface area contributed by atoms with Crippen molar-refractivity contribution in [3.05, 3.63) is 50.7 Å². The van der Waals surface area contributed by atoms with E-state index in [0.717, 1.165) is 29.1 Å². The standard InChI is InChI=1S/C19H19ClFN3O2S/c1-19(4-5-19)17-23-15(9-27-17)11(10-2-3-13(21)12(20)6-10)7-16(25)14-8-22-18(26)24-14/h2-3,6,9,11,14H,4-5,7-8H2,1H3,(H2,22,24,26)/t11?,14-/m0/s1. The number of nitrogens with one attached hydrogen (secondary N) is 2. The molecule has 0 bridgehead atoms. The number of Topliss-reactive ketones (excluding diaryl/α,β-unsaturated/α-hetero) is 1. The molecular weight excluding hydrogens is 389 g/mol. The van der Waals surface area contributed by atoms with Crippen molar-refractivity contribution in [2.24, 2.45) is 0 Å². The van der Waals surface area contributed by atoms with E-state index in [0.29, 0.717) is 0 Å². The van der Waals surface area contributed by atoms with E-state index in [4.69, 9.17) is 16.6 Å². The van der Waals surface area contributed by atoms with Gasteiger partial charge in [0, 0.05) is 29.7 Å². The highest BCUT2D eigenvalue weighted by atomic mass is 35.5. The van der Waals surface area contributed by atoms with Gasteiger partial charge >= 0.3 is 6.03 Å². The maximum absolute atomic E-state index is 13.6. The molecule has 1 aromatic carbocycles. The van der Waals surface area contributed by atoms with Gasteiger partial charge in [-0.25, -0.2) is 14.2 Å². The second-order valence-corrected chi connectivity index (χ2v) is 8.71. The molecule has 2 heterocycles. The molecule has 142 valence electrons. The quantitative estimate of drug-likeness (QED) is 0.765. The summed E-state index contributed by atoms with van der Waals surface area (Å²) >= 11 is 7.57. The van der Waals surface area contributed by atoms with E-state index < -0.39 is 11.9 Å². The molecule has 1 aromatic heterocycles. The Morgan fingerprint density at radius 1 is 1.48 bits per heavy atom. The fourth-order valence-corrected chi connectivity index (χ4v) is 4.53. The van der Waals surface area contributed by atoms with E-state index in [-0.39, 0.29) is 41.1 Å². The van der Waals surface area contributed by atoms with E-state index >= 15 is 0 Å². The minimum Gasteiger partial charge on any atom is -0.336 e. The predicted molar refractivity (Wildman–Crippen MR) is 102 cm³/mol. The van der Waals surface area contributed by atoms with Crippen LogP contribution < -0.4 is 10.6 Å². The molecule has 1 unspecified atom stereocenters. The molecule has 2 fully saturated rings. The summed E-state index contributed by atoms with van der Waals surface area (Å²) in [5.74, 6) is -0.923. The summed E-state index contributed by atoms with van der Waals surface area (Å²) in [4.78, 5) is 28.9. The van der Waals surface area contributed by atoms with Crippen LogP contribution in [0.25, 0.3) is 0 Å². The van der Waals surface area contributed by atoms with Crippen molar-refractivity contribution >= 4 is 34.8 Å². The second kappa shape index (κ2) is 6.87. The topological polar surface area (TPSA) is 71.1 Å². The van der Waals surface area contributed by atoms with Crippen molar-refractivity contribution in [3.63, 3.8) is 0 Å². The van der Waals surface area contributed by atoms with Gasteiger partial charge in [-0.1, -0.05) is 24.6 Å². The zero-order chi connectivity index (χ0) is 19.2. The second-order valence-electron chi connectivity index (χ2n) is 7.44. The number of thiazole rings is 1. The Balaban J connectivity index is 1.64. The maximum Gasteiger partial charge on any atom is 0.315 e. The molecule has 0 spiro atoms. The van der Waals surface area contributed by atoms with Gasteiger partial charge in [-0.2, -0.15) is 0 Å². The SMILES string of the molecule is CC1(c2nc(C(CC(=O)[C@@H]3CNC(=O)N3)c3ccc(F)c(Cl)c3)cs2)CC1. The average Bonchev–Trinajstić information content (AvgIpc) is 3.04. The van der Waals surface area contributed by atoms with Crippen LogP contribution in [0.4, 0.5) is 9.18 Å². The number of amides is 2. The number of benzene rings is 1. The summed E-state index contributed by atoms with van der Waals surface area (Å²) in [6.07, 6.45) is 2.39. The van der Waals surface area contributed by atoms with E-state index in [1.165, 1.54) is 6.07 Å². The number of rotatable bonds is 6. The highest BCUT2D eigenvalue weighted by Gasteiger charge is 2.42. The van der Waals surface area contributed by atoms with Gasteiger partial charge in [-0.3, -0.25) is 4.79 Å². The number of carbonyl (C=O) groups excluding carboxylic acids is 2. The van der Waals surface area contributed by atoms with Gasteiger partial charge in [0.25, 0.3) is 0 Å². The fourth-order valence-electron chi connectivity index (χ4n) is 3.24. The summed E-state index contributed by atoms with van der Waals surface area (Å²) in [6.45, 7) is 2.46. The van der Waals surface area contributed by atoms with Crippen LogP contribution in [0.5, 0.6) is 0 Å². The molecule has 5 nitrogen and oxygen atoms in total. The molecule has 4 rings (SSSR count). The number of ketones is 1. The predicted octanol–water partition coefficient (Wildman–Crippen LogP) is 3.76. The molecule has 1 aliphatic carbocycles.